The molecule has 0 aliphatic rings. The van der Waals surface area contributed by atoms with Gasteiger partial charge in [-0.25, -0.2) is 0 Å². The quantitative estimate of drug-likeness (QED) is 0.620. The van der Waals surface area contributed by atoms with Crippen molar-refractivity contribution in [1.29, 1.82) is 0 Å². The molecule has 3 nitrogen and oxygen atoms in total. The van der Waals surface area contributed by atoms with E-state index in [2.05, 4.69) is 12.0 Å². The SMILES string of the molecule is CCCn1cc(CCC=O)cn1. The van der Waals surface area contributed by atoms with Crippen molar-refractivity contribution in [3.05, 3.63) is 18.0 Å². The van der Waals surface area contributed by atoms with Crippen molar-refractivity contribution < 1.29 is 4.79 Å². The molecule has 0 radical (unpaired) electrons. The van der Waals surface area contributed by atoms with Gasteiger partial charge in [-0.15, -0.1) is 0 Å². The van der Waals surface area contributed by atoms with Crippen LogP contribution >= 0.6 is 0 Å². The fourth-order valence-electron chi connectivity index (χ4n) is 1.11. The predicted molar refractivity (Wildman–Crippen MR) is 46.9 cm³/mol. The zero-order valence-corrected chi connectivity index (χ0v) is 7.36. The van der Waals surface area contributed by atoms with E-state index in [0.717, 1.165) is 31.2 Å². The van der Waals surface area contributed by atoms with Gasteiger partial charge in [-0.05, 0) is 18.4 Å². The Labute approximate surface area is 72.4 Å². The third kappa shape index (κ3) is 2.49. The van der Waals surface area contributed by atoms with Gasteiger partial charge in [0, 0.05) is 19.2 Å². The molecular weight excluding hydrogens is 152 g/mol. The van der Waals surface area contributed by atoms with E-state index in [1.807, 2.05) is 17.1 Å². The molecule has 0 N–H and O–H groups in total. The Bertz CT molecular complexity index is 242. The number of aldehydes is 1. The van der Waals surface area contributed by atoms with Crippen LogP contribution in [-0.2, 0) is 17.8 Å². The van der Waals surface area contributed by atoms with E-state index in [-0.39, 0.29) is 0 Å². The molecule has 0 saturated heterocycles. The molecule has 0 aliphatic carbocycles. The molecule has 1 heterocycles. The number of aryl methyl sites for hydroxylation is 2. The van der Waals surface area contributed by atoms with Gasteiger partial charge in [0.15, 0.2) is 0 Å². The van der Waals surface area contributed by atoms with Crippen molar-refractivity contribution in [2.75, 3.05) is 0 Å². The zero-order chi connectivity index (χ0) is 8.81. The maximum absolute atomic E-state index is 10.1. The van der Waals surface area contributed by atoms with Crippen LogP contribution in [0.15, 0.2) is 12.4 Å². The molecule has 0 spiro atoms. The summed E-state index contributed by atoms with van der Waals surface area (Å²) < 4.78 is 1.92. The molecule has 0 aliphatic heterocycles. The van der Waals surface area contributed by atoms with Crippen molar-refractivity contribution in [1.82, 2.24) is 9.78 Å². The lowest BCUT2D eigenvalue weighted by Gasteiger charge is -1.94. The van der Waals surface area contributed by atoms with Gasteiger partial charge in [-0.1, -0.05) is 6.92 Å². The van der Waals surface area contributed by atoms with Crippen molar-refractivity contribution in [2.45, 2.75) is 32.7 Å². The minimum Gasteiger partial charge on any atom is -0.303 e. The lowest BCUT2D eigenvalue weighted by Crippen LogP contribution is -1.95. The normalized spacial score (nSPS) is 10.1. The summed E-state index contributed by atoms with van der Waals surface area (Å²) in [5.74, 6) is 0. The highest BCUT2D eigenvalue weighted by atomic mass is 16.1. The molecule has 1 aromatic heterocycles. The molecular formula is C9H14N2O. The van der Waals surface area contributed by atoms with E-state index in [4.69, 9.17) is 0 Å². The van der Waals surface area contributed by atoms with Gasteiger partial charge in [0.2, 0.25) is 0 Å². The maximum Gasteiger partial charge on any atom is 0.120 e. The summed E-state index contributed by atoms with van der Waals surface area (Å²) in [7, 11) is 0. The molecule has 3 heteroatoms. The van der Waals surface area contributed by atoms with Crippen LogP contribution in [-0.4, -0.2) is 16.1 Å². The first-order chi connectivity index (χ1) is 5.86. The standard InChI is InChI=1S/C9H14N2O/c1-2-5-11-8-9(7-10-11)4-3-6-12/h6-8H,2-5H2,1H3. The van der Waals surface area contributed by atoms with Crippen LogP contribution in [0.4, 0.5) is 0 Å². The van der Waals surface area contributed by atoms with Crippen LogP contribution in [0.1, 0.15) is 25.3 Å². The molecule has 0 fully saturated rings. The third-order valence-corrected chi connectivity index (χ3v) is 1.69. The van der Waals surface area contributed by atoms with E-state index >= 15 is 0 Å². The highest BCUT2D eigenvalue weighted by molar-refractivity contribution is 5.49. The van der Waals surface area contributed by atoms with Gasteiger partial charge in [0.05, 0.1) is 6.20 Å². The van der Waals surface area contributed by atoms with E-state index in [1.165, 1.54) is 0 Å². The van der Waals surface area contributed by atoms with E-state index in [9.17, 15) is 4.79 Å². The van der Waals surface area contributed by atoms with Crippen LogP contribution in [0.25, 0.3) is 0 Å². The number of nitrogens with zero attached hydrogens (tertiary/aromatic N) is 2. The maximum atomic E-state index is 10.1. The molecule has 0 amide bonds. The Hall–Kier alpha value is -1.12. The molecule has 1 rings (SSSR count). The Balaban J connectivity index is 2.46. The predicted octanol–water partition coefficient (Wildman–Crippen LogP) is 1.42. The van der Waals surface area contributed by atoms with E-state index in [1.54, 1.807) is 0 Å². The van der Waals surface area contributed by atoms with Crippen LogP contribution < -0.4 is 0 Å². The summed E-state index contributed by atoms with van der Waals surface area (Å²) in [6.45, 7) is 3.08. The van der Waals surface area contributed by atoms with Crippen LogP contribution in [0.3, 0.4) is 0 Å². The smallest absolute Gasteiger partial charge is 0.120 e. The van der Waals surface area contributed by atoms with Crippen LogP contribution in [0.5, 0.6) is 0 Å². The van der Waals surface area contributed by atoms with E-state index in [0.29, 0.717) is 6.42 Å². The van der Waals surface area contributed by atoms with Gasteiger partial charge in [-0.3, -0.25) is 4.68 Å². The summed E-state index contributed by atoms with van der Waals surface area (Å²) in [5, 5.41) is 4.16. The highest BCUT2D eigenvalue weighted by Gasteiger charge is 1.96. The Morgan fingerprint density at radius 3 is 3.17 bits per heavy atom. The lowest BCUT2D eigenvalue weighted by molar-refractivity contribution is -0.107. The molecule has 0 saturated carbocycles. The second-order valence-electron chi connectivity index (χ2n) is 2.82. The monoisotopic (exact) mass is 166 g/mol. The average molecular weight is 166 g/mol. The van der Waals surface area contributed by atoms with Crippen molar-refractivity contribution >= 4 is 6.29 Å². The highest BCUT2D eigenvalue weighted by Crippen LogP contribution is 2.00. The van der Waals surface area contributed by atoms with Gasteiger partial charge >= 0.3 is 0 Å². The van der Waals surface area contributed by atoms with Crippen molar-refractivity contribution in [3.8, 4) is 0 Å². The van der Waals surface area contributed by atoms with Crippen molar-refractivity contribution in [3.63, 3.8) is 0 Å². The van der Waals surface area contributed by atoms with Gasteiger partial charge in [0.1, 0.15) is 6.29 Å². The third-order valence-electron chi connectivity index (χ3n) is 1.69. The first-order valence-electron chi connectivity index (χ1n) is 4.31. The number of hydrogen-bond donors (Lipinski definition) is 0. The average Bonchev–Trinajstić information content (AvgIpc) is 2.50. The summed E-state index contributed by atoms with van der Waals surface area (Å²) in [6.07, 6.45) is 7.28. The minimum atomic E-state index is 0.595. The summed E-state index contributed by atoms with van der Waals surface area (Å²) in [6, 6.07) is 0. The Morgan fingerprint density at radius 2 is 2.50 bits per heavy atom. The number of rotatable bonds is 5. The fraction of sp³-hybridized carbons (Fsp3) is 0.556. The largest absolute Gasteiger partial charge is 0.303 e. The fourth-order valence-corrected chi connectivity index (χ4v) is 1.11. The second-order valence-corrected chi connectivity index (χ2v) is 2.82. The number of aromatic nitrogens is 2. The molecule has 0 bridgehead atoms. The molecule has 0 aromatic carbocycles. The molecule has 1 aromatic rings. The minimum absolute atomic E-state index is 0.595. The molecule has 12 heavy (non-hydrogen) atoms. The van der Waals surface area contributed by atoms with Crippen LogP contribution in [0.2, 0.25) is 0 Å². The molecule has 0 atom stereocenters. The Morgan fingerprint density at radius 1 is 1.67 bits per heavy atom. The van der Waals surface area contributed by atoms with Gasteiger partial charge in [-0.2, -0.15) is 5.10 Å². The number of carbonyl (C=O) groups is 1. The first kappa shape index (κ1) is 8.97. The van der Waals surface area contributed by atoms with Crippen molar-refractivity contribution in [2.24, 2.45) is 0 Å². The zero-order valence-electron chi connectivity index (χ0n) is 7.36. The number of hydrogen-bond acceptors (Lipinski definition) is 2. The number of carbonyl (C=O) groups excluding carboxylic acids is 1. The molecule has 66 valence electrons. The Kier molecular flexibility index (Phi) is 3.51. The summed E-state index contributed by atoms with van der Waals surface area (Å²) in [5.41, 5.74) is 1.15. The topological polar surface area (TPSA) is 34.9 Å². The lowest BCUT2D eigenvalue weighted by atomic mass is 10.2. The summed E-state index contributed by atoms with van der Waals surface area (Å²) in [4.78, 5) is 10.1. The summed E-state index contributed by atoms with van der Waals surface area (Å²) >= 11 is 0. The second kappa shape index (κ2) is 4.70. The first-order valence-corrected chi connectivity index (χ1v) is 4.31. The van der Waals surface area contributed by atoms with E-state index < -0.39 is 0 Å². The van der Waals surface area contributed by atoms with Gasteiger partial charge in [0.25, 0.3) is 0 Å². The van der Waals surface area contributed by atoms with Crippen LogP contribution in [0, 0.1) is 0 Å². The molecule has 0 unspecified atom stereocenters. The van der Waals surface area contributed by atoms with Gasteiger partial charge < -0.3 is 4.79 Å².